The molecular formula is C11H23NO2. The van der Waals surface area contributed by atoms with Gasteiger partial charge in [0.05, 0.1) is 5.60 Å². The third-order valence-electron chi connectivity index (χ3n) is 1.74. The van der Waals surface area contributed by atoms with E-state index in [4.69, 9.17) is 4.74 Å². The molecule has 0 aliphatic carbocycles. The molecular weight excluding hydrogens is 178 g/mol. The molecule has 0 bridgehead atoms. The van der Waals surface area contributed by atoms with Crippen molar-refractivity contribution < 1.29 is 9.53 Å². The van der Waals surface area contributed by atoms with Crippen LogP contribution < -0.4 is 5.32 Å². The van der Waals surface area contributed by atoms with Crippen molar-refractivity contribution in [1.29, 1.82) is 0 Å². The Bertz CT molecular complexity index is 161. The number of rotatable bonds is 6. The van der Waals surface area contributed by atoms with Crippen molar-refractivity contribution in [3.05, 3.63) is 0 Å². The third kappa shape index (κ3) is 9.52. The molecule has 3 nitrogen and oxygen atoms in total. The molecule has 0 rings (SSSR count). The molecule has 0 aliphatic rings. The predicted octanol–water partition coefficient (Wildman–Crippen LogP) is 2.11. The molecule has 0 spiro atoms. The Hall–Kier alpha value is -0.570. The van der Waals surface area contributed by atoms with Crippen LogP contribution in [-0.4, -0.2) is 24.7 Å². The number of hydrogen-bond acceptors (Lipinski definition) is 2. The van der Waals surface area contributed by atoms with E-state index in [0.717, 1.165) is 13.0 Å². The Labute approximate surface area is 87.2 Å². The van der Waals surface area contributed by atoms with Crippen LogP contribution in [-0.2, 0) is 9.53 Å². The van der Waals surface area contributed by atoms with Gasteiger partial charge >= 0.3 is 0 Å². The summed E-state index contributed by atoms with van der Waals surface area (Å²) < 4.78 is 5.34. The van der Waals surface area contributed by atoms with Crippen LogP contribution in [0.25, 0.3) is 0 Å². The Morgan fingerprint density at radius 3 is 2.43 bits per heavy atom. The Balaban J connectivity index is 3.38. The maximum Gasteiger partial charge on any atom is 0.246 e. The van der Waals surface area contributed by atoms with Crippen LogP contribution in [0.3, 0.4) is 0 Å². The molecule has 0 heterocycles. The van der Waals surface area contributed by atoms with Gasteiger partial charge in [0.15, 0.2) is 0 Å². The van der Waals surface area contributed by atoms with Crippen LogP contribution in [0.4, 0.5) is 0 Å². The normalized spacial score (nSPS) is 11.4. The lowest BCUT2D eigenvalue weighted by Gasteiger charge is -2.18. The largest absolute Gasteiger partial charge is 0.366 e. The summed E-state index contributed by atoms with van der Waals surface area (Å²) in [4.78, 5) is 11.2. The molecule has 14 heavy (non-hydrogen) atoms. The zero-order chi connectivity index (χ0) is 11.0. The summed E-state index contributed by atoms with van der Waals surface area (Å²) in [6.45, 7) is 8.90. The summed E-state index contributed by atoms with van der Waals surface area (Å²) in [5.41, 5.74) is -0.235. The fourth-order valence-corrected chi connectivity index (χ4v) is 0.936. The number of unbranched alkanes of at least 4 members (excludes halogenated alkanes) is 2. The van der Waals surface area contributed by atoms with E-state index in [0.29, 0.717) is 0 Å². The molecule has 1 amide bonds. The summed E-state index contributed by atoms with van der Waals surface area (Å²) in [6.07, 6.45) is 3.40. The van der Waals surface area contributed by atoms with E-state index in [-0.39, 0.29) is 18.1 Å². The fourth-order valence-electron chi connectivity index (χ4n) is 0.936. The minimum Gasteiger partial charge on any atom is -0.366 e. The van der Waals surface area contributed by atoms with E-state index < -0.39 is 0 Å². The molecule has 0 radical (unpaired) electrons. The van der Waals surface area contributed by atoms with Crippen LogP contribution in [0, 0.1) is 0 Å². The molecule has 3 heteroatoms. The van der Waals surface area contributed by atoms with E-state index in [9.17, 15) is 4.79 Å². The van der Waals surface area contributed by atoms with Gasteiger partial charge in [-0.1, -0.05) is 19.8 Å². The smallest absolute Gasteiger partial charge is 0.246 e. The fraction of sp³-hybridized carbons (Fsp3) is 0.909. The molecule has 0 aliphatic heterocycles. The highest BCUT2D eigenvalue weighted by Gasteiger charge is 2.12. The van der Waals surface area contributed by atoms with E-state index >= 15 is 0 Å². The second kappa shape index (κ2) is 6.82. The summed E-state index contributed by atoms with van der Waals surface area (Å²) in [7, 11) is 0. The monoisotopic (exact) mass is 201 g/mol. The van der Waals surface area contributed by atoms with Crippen LogP contribution >= 0.6 is 0 Å². The highest BCUT2D eigenvalue weighted by molar-refractivity contribution is 5.77. The molecule has 1 N–H and O–H groups in total. The number of nitrogens with one attached hydrogen (secondary N) is 1. The first-order valence-corrected chi connectivity index (χ1v) is 5.36. The third-order valence-corrected chi connectivity index (χ3v) is 1.74. The Kier molecular flexibility index (Phi) is 6.54. The van der Waals surface area contributed by atoms with Gasteiger partial charge in [-0.05, 0) is 27.2 Å². The quantitative estimate of drug-likeness (QED) is 0.668. The summed E-state index contributed by atoms with van der Waals surface area (Å²) in [5, 5.41) is 2.83. The van der Waals surface area contributed by atoms with Gasteiger partial charge in [0.25, 0.3) is 0 Å². The molecule has 0 aromatic rings. The highest BCUT2D eigenvalue weighted by atomic mass is 16.5. The molecule has 0 saturated carbocycles. The minimum atomic E-state index is -0.235. The lowest BCUT2D eigenvalue weighted by Crippen LogP contribution is -2.32. The summed E-state index contributed by atoms with van der Waals surface area (Å²) >= 11 is 0. The van der Waals surface area contributed by atoms with Crippen molar-refractivity contribution in [3.8, 4) is 0 Å². The van der Waals surface area contributed by atoms with Gasteiger partial charge in [-0.3, -0.25) is 4.79 Å². The molecule has 0 aromatic carbocycles. The molecule has 84 valence electrons. The average molecular weight is 201 g/mol. The topological polar surface area (TPSA) is 38.3 Å². The van der Waals surface area contributed by atoms with Crippen LogP contribution in [0.15, 0.2) is 0 Å². The lowest BCUT2D eigenvalue weighted by atomic mass is 10.2. The first-order chi connectivity index (χ1) is 6.45. The second-order valence-corrected chi connectivity index (χ2v) is 4.46. The van der Waals surface area contributed by atoms with E-state index in [2.05, 4.69) is 12.2 Å². The van der Waals surface area contributed by atoms with Crippen molar-refractivity contribution in [2.24, 2.45) is 0 Å². The minimum absolute atomic E-state index is 0.0176. The maximum absolute atomic E-state index is 11.2. The van der Waals surface area contributed by atoms with Crippen molar-refractivity contribution in [3.63, 3.8) is 0 Å². The van der Waals surface area contributed by atoms with E-state index in [1.54, 1.807) is 0 Å². The van der Waals surface area contributed by atoms with Crippen LogP contribution in [0.5, 0.6) is 0 Å². The summed E-state index contributed by atoms with van der Waals surface area (Å²) in [5.74, 6) is -0.0176. The van der Waals surface area contributed by atoms with Gasteiger partial charge < -0.3 is 10.1 Å². The van der Waals surface area contributed by atoms with Crippen molar-refractivity contribution in [2.75, 3.05) is 13.2 Å². The second-order valence-electron chi connectivity index (χ2n) is 4.46. The SMILES string of the molecule is CCCCCNC(=O)COC(C)(C)C. The Morgan fingerprint density at radius 1 is 1.29 bits per heavy atom. The number of carbonyl (C=O) groups excluding carboxylic acids is 1. The van der Waals surface area contributed by atoms with E-state index in [1.807, 2.05) is 20.8 Å². The first-order valence-electron chi connectivity index (χ1n) is 5.36. The molecule has 0 fully saturated rings. The first kappa shape index (κ1) is 13.4. The van der Waals surface area contributed by atoms with Gasteiger partial charge in [-0.2, -0.15) is 0 Å². The molecule has 0 aromatic heterocycles. The average Bonchev–Trinajstić information content (AvgIpc) is 2.08. The zero-order valence-corrected chi connectivity index (χ0v) is 9.85. The predicted molar refractivity (Wildman–Crippen MR) is 58.2 cm³/mol. The van der Waals surface area contributed by atoms with E-state index in [1.165, 1.54) is 12.8 Å². The number of ether oxygens (including phenoxy) is 1. The lowest BCUT2D eigenvalue weighted by molar-refractivity contribution is -0.130. The molecule has 0 saturated heterocycles. The summed E-state index contributed by atoms with van der Waals surface area (Å²) in [6, 6.07) is 0. The maximum atomic E-state index is 11.2. The van der Waals surface area contributed by atoms with Crippen LogP contribution in [0.2, 0.25) is 0 Å². The van der Waals surface area contributed by atoms with Crippen LogP contribution in [0.1, 0.15) is 47.0 Å². The molecule has 0 atom stereocenters. The van der Waals surface area contributed by atoms with Gasteiger partial charge in [-0.25, -0.2) is 0 Å². The zero-order valence-electron chi connectivity index (χ0n) is 9.85. The van der Waals surface area contributed by atoms with Crippen molar-refractivity contribution in [2.45, 2.75) is 52.6 Å². The van der Waals surface area contributed by atoms with Gasteiger partial charge in [0.1, 0.15) is 6.61 Å². The number of hydrogen-bond donors (Lipinski definition) is 1. The van der Waals surface area contributed by atoms with Crippen molar-refractivity contribution >= 4 is 5.91 Å². The van der Waals surface area contributed by atoms with Gasteiger partial charge in [0, 0.05) is 6.54 Å². The van der Waals surface area contributed by atoms with Crippen molar-refractivity contribution in [1.82, 2.24) is 5.32 Å². The standard InChI is InChI=1S/C11H23NO2/c1-5-6-7-8-12-10(13)9-14-11(2,3)4/h5-9H2,1-4H3,(H,12,13). The van der Waals surface area contributed by atoms with Gasteiger partial charge in [-0.15, -0.1) is 0 Å². The highest BCUT2D eigenvalue weighted by Crippen LogP contribution is 2.05. The number of carbonyl (C=O) groups is 1. The van der Waals surface area contributed by atoms with Gasteiger partial charge in [0.2, 0.25) is 5.91 Å². The number of amides is 1. The molecule has 0 unspecified atom stereocenters. The Morgan fingerprint density at radius 2 is 1.93 bits per heavy atom.